The highest BCUT2D eigenvalue weighted by Gasteiger charge is 2.28. The van der Waals surface area contributed by atoms with Gasteiger partial charge in [-0.3, -0.25) is 9.59 Å². The van der Waals surface area contributed by atoms with E-state index in [0.29, 0.717) is 19.0 Å². The molecule has 6 heteroatoms. The fourth-order valence-corrected chi connectivity index (χ4v) is 3.19. The lowest BCUT2D eigenvalue weighted by atomic mass is 10.0. The molecule has 2 aromatic rings. The molecular formula is C18H22N4O2. The molecule has 1 aliphatic rings. The fraction of sp³-hybridized carbons (Fsp3) is 0.389. The van der Waals surface area contributed by atoms with Gasteiger partial charge in [-0.05, 0) is 36.9 Å². The smallest absolute Gasteiger partial charge is 0.271 e. The number of carbonyl (C=O) groups excluding carboxylic acids is 1. The number of hydrogen-bond donors (Lipinski definition) is 2. The lowest BCUT2D eigenvalue weighted by Crippen LogP contribution is -2.40. The Bertz CT molecular complexity index is 757. The molecule has 6 nitrogen and oxygen atoms in total. The summed E-state index contributed by atoms with van der Waals surface area (Å²) < 4.78 is 1.32. The lowest BCUT2D eigenvalue weighted by molar-refractivity contribution is 0.0921. The number of aromatic nitrogens is 2. The molecule has 1 saturated carbocycles. The molecule has 126 valence electrons. The Hall–Kier alpha value is -2.47. The molecule has 1 heterocycles. The number of amides is 1. The Morgan fingerprint density at radius 2 is 2.00 bits per heavy atom. The molecule has 2 unspecified atom stereocenters. The number of carbonyl (C=O) groups is 1. The van der Waals surface area contributed by atoms with Crippen molar-refractivity contribution in [1.29, 1.82) is 0 Å². The van der Waals surface area contributed by atoms with Crippen LogP contribution < -0.4 is 16.6 Å². The molecule has 3 N–H and O–H groups in total. The SMILES string of the molecule is NCC1CCCC1NC(=O)c1ccc(=O)n(Cc2ccccc2)n1. The first-order valence-corrected chi connectivity index (χ1v) is 8.30. The van der Waals surface area contributed by atoms with Gasteiger partial charge in [0.05, 0.1) is 6.54 Å². The number of hydrogen-bond acceptors (Lipinski definition) is 4. The van der Waals surface area contributed by atoms with Gasteiger partial charge in [-0.2, -0.15) is 5.10 Å². The number of nitrogens with zero attached hydrogens (tertiary/aromatic N) is 2. The zero-order valence-electron chi connectivity index (χ0n) is 13.5. The van der Waals surface area contributed by atoms with Crippen molar-refractivity contribution < 1.29 is 4.79 Å². The van der Waals surface area contributed by atoms with Crippen molar-refractivity contribution in [3.63, 3.8) is 0 Å². The van der Waals surface area contributed by atoms with Gasteiger partial charge in [0.25, 0.3) is 11.5 Å². The lowest BCUT2D eigenvalue weighted by Gasteiger charge is -2.19. The monoisotopic (exact) mass is 326 g/mol. The summed E-state index contributed by atoms with van der Waals surface area (Å²) in [6.07, 6.45) is 3.06. The molecule has 1 aromatic carbocycles. The molecule has 2 atom stereocenters. The quantitative estimate of drug-likeness (QED) is 0.862. The second-order valence-electron chi connectivity index (χ2n) is 6.21. The summed E-state index contributed by atoms with van der Waals surface area (Å²) in [6, 6.07) is 12.5. The van der Waals surface area contributed by atoms with Gasteiger partial charge in [-0.1, -0.05) is 36.8 Å². The molecule has 0 radical (unpaired) electrons. The molecular weight excluding hydrogens is 304 g/mol. The average molecular weight is 326 g/mol. The minimum absolute atomic E-state index is 0.0961. The Labute approximate surface area is 140 Å². The maximum atomic E-state index is 12.4. The van der Waals surface area contributed by atoms with Crippen LogP contribution >= 0.6 is 0 Å². The molecule has 1 aliphatic carbocycles. The van der Waals surface area contributed by atoms with Crippen LogP contribution in [0.1, 0.15) is 35.3 Å². The van der Waals surface area contributed by atoms with Crippen LogP contribution in [0, 0.1) is 5.92 Å². The Balaban J connectivity index is 1.75. The summed E-state index contributed by atoms with van der Waals surface area (Å²) in [7, 11) is 0. The Kier molecular flexibility index (Phi) is 5.05. The molecule has 3 rings (SSSR count). The van der Waals surface area contributed by atoms with Gasteiger partial charge in [0.2, 0.25) is 0 Å². The molecule has 0 saturated heterocycles. The highest BCUT2D eigenvalue weighted by molar-refractivity contribution is 5.92. The highest BCUT2D eigenvalue weighted by atomic mass is 16.2. The summed E-state index contributed by atoms with van der Waals surface area (Å²) in [5.41, 5.74) is 6.75. The average Bonchev–Trinajstić information content (AvgIpc) is 3.05. The summed E-state index contributed by atoms with van der Waals surface area (Å²) in [6.45, 7) is 0.918. The minimum atomic E-state index is -0.248. The third-order valence-corrected chi connectivity index (χ3v) is 4.55. The molecule has 1 amide bonds. The maximum Gasteiger partial charge on any atom is 0.271 e. The first-order valence-electron chi connectivity index (χ1n) is 8.30. The normalized spacial score (nSPS) is 20.0. The Morgan fingerprint density at radius 1 is 1.21 bits per heavy atom. The van der Waals surface area contributed by atoms with E-state index in [1.54, 1.807) is 0 Å². The van der Waals surface area contributed by atoms with Crippen molar-refractivity contribution in [2.45, 2.75) is 31.8 Å². The number of benzene rings is 1. The summed E-state index contributed by atoms with van der Waals surface area (Å²) >= 11 is 0. The van der Waals surface area contributed by atoms with Crippen LogP contribution in [0.3, 0.4) is 0 Å². The van der Waals surface area contributed by atoms with E-state index in [4.69, 9.17) is 5.73 Å². The van der Waals surface area contributed by atoms with E-state index in [-0.39, 0.29) is 23.2 Å². The number of nitrogens with two attached hydrogens (primary N) is 1. The number of rotatable bonds is 5. The van der Waals surface area contributed by atoms with Gasteiger partial charge < -0.3 is 11.1 Å². The third kappa shape index (κ3) is 3.71. The largest absolute Gasteiger partial charge is 0.348 e. The van der Waals surface area contributed by atoms with Crippen LogP contribution in [0.15, 0.2) is 47.3 Å². The van der Waals surface area contributed by atoms with Crippen molar-refractivity contribution in [3.05, 3.63) is 64.1 Å². The fourth-order valence-electron chi connectivity index (χ4n) is 3.19. The first-order chi connectivity index (χ1) is 11.7. The summed E-state index contributed by atoms with van der Waals surface area (Å²) in [4.78, 5) is 24.4. The second kappa shape index (κ2) is 7.40. The second-order valence-corrected chi connectivity index (χ2v) is 6.21. The van der Waals surface area contributed by atoms with Crippen molar-refractivity contribution in [3.8, 4) is 0 Å². The standard InChI is InChI=1S/C18H22N4O2/c19-11-14-7-4-8-15(14)20-18(24)16-9-10-17(23)22(21-16)12-13-5-2-1-3-6-13/h1-3,5-6,9-10,14-15H,4,7-8,11-12,19H2,(H,20,24). The van der Waals surface area contributed by atoms with Crippen molar-refractivity contribution >= 4 is 5.91 Å². The predicted molar refractivity (Wildman–Crippen MR) is 91.7 cm³/mol. The van der Waals surface area contributed by atoms with E-state index in [0.717, 1.165) is 24.8 Å². The van der Waals surface area contributed by atoms with Crippen LogP contribution in [0.4, 0.5) is 0 Å². The van der Waals surface area contributed by atoms with Crippen molar-refractivity contribution in [1.82, 2.24) is 15.1 Å². The van der Waals surface area contributed by atoms with E-state index in [2.05, 4.69) is 10.4 Å². The van der Waals surface area contributed by atoms with E-state index >= 15 is 0 Å². The number of nitrogens with one attached hydrogen (secondary N) is 1. The van der Waals surface area contributed by atoms with E-state index < -0.39 is 0 Å². The van der Waals surface area contributed by atoms with Gasteiger partial charge in [-0.25, -0.2) is 4.68 Å². The molecule has 1 aromatic heterocycles. The minimum Gasteiger partial charge on any atom is -0.348 e. The van der Waals surface area contributed by atoms with Gasteiger partial charge >= 0.3 is 0 Å². The van der Waals surface area contributed by atoms with E-state index in [1.807, 2.05) is 30.3 Å². The van der Waals surface area contributed by atoms with Crippen LogP contribution in [0.25, 0.3) is 0 Å². The van der Waals surface area contributed by atoms with Gasteiger partial charge in [-0.15, -0.1) is 0 Å². The van der Waals surface area contributed by atoms with Gasteiger partial charge in [0.1, 0.15) is 5.69 Å². The Morgan fingerprint density at radius 3 is 2.75 bits per heavy atom. The zero-order valence-corrected chi connectivity index (χ0v) is 13.5. The summed E-state index contributed by atoms with van der Waals surface area (Å²) in [5.74, 6) is 0.0753. The summed E-state index contributed by atoms with van der Waals surface area (Å²) in [5, 5.41) is 7.23. The van der Waals surface area contributed by atoms with Crippen LogP contribution in [0.2, 0.25) is 0 Å². The van der Waals surface area contributed by atoms with Crippen LogP contribution in [-0.4, -0.2) is 28.3 Å². The van der Waals surface area contributed by atoms with Crippen LogP contribution in [0.5, 0.6) is 0 Å². The topological polar surface area (TPSA) is 90.0 Å². The zero-order chi connectivity index (χ0) is 16.9. The van der Waals surface area contributed by atoms with Crippen molar-refractivity contribution in [2.24, 2.45) is 11.7 Å². The molecule has 24 heavy (non-hydrogen) atoms. The third-order valence-electron chi connectivity index (χ3n) is 4.55. The van der Waals surface area contributed by atoms with Gasteiger partial charge in [0.15, 0.2) is 0 Å². The first kappa shape index (κ1) is 16.4. The van der Waals surface area contributed by atoms with Crippen molar-refractivity contribution in [2.75, 3.05) is 6.54 Å². The van der Waals surface area contributed by atoms with E-state index in [1.165, 1.54) is 16.8 Å². The molecule has 0 aliphatic heterocycles. The molecule has 0 spiro atoms. The van der Waals surface area contributed by atoms with Gasteiger partial charge in [0, 0.05) is 12.1 Å². The molecule has 1 fully saturated rings. The highest BCUT2D eigenvalue weighted by Crippen LogP contribution is 2.24. The van der Waals surface area contributed by atoms with E-state index in [9.17, 15) is 9.59 Å². The molecule has 0 bridgehead atoms. The maximum absolute atomic E-state index is 12.4. The predicted octanol–water partition coefficient (Wildman–Crippen LogP) is 1.15. The van der Waals surface area contributed by atoms with Crippen LogP contribution in [-0.2, 0) is 6.54 Å².